The Morgan fingerprint density at radius 1 is 0.857 bits per heavy atom. The average Bonchev–Trinajstić information content (AvgIpc) is 3.49. The van der Waals surface area contributed by atoms with E-state index in [1.165, 1.54) is 16.9 Å². The van der Waals surface area contributed by atoms with Crippen molar-refractivity contribution in [2.75, 3.05) is 48.1 Å². The number of phenolic OH excluding ortho intramolecular Hbond substituents is 1. The lowest BCUT2D eigenvalue weighted by Gasteiger charge is -2.49. The zero-order chi connectivity index (χ0) is 34.2. The minimum absolute atomic E-state index is 0.0430. The van der Waals surface area contributed by atoms with E-state index in [9.17, 15) is 24.3 Å². The summed E-state index contributed by atoms with van der Waals surface area (Å²) in [5.41, 5.74) is 2.15. The van der Waals surface area contributed by atoms with Gasteiger partial charge in [-0.1, -0.05) is 41.4 Å². The number of ether oxygens (including phenoxy) is 2. The van der Waals surface area contributed by atoms with Crippen molar-refractivity contribution in [3.8, 4) is 11.5 Å². The summed E-state index contributed by atoms with van der Waals surface area (Å²) >= 11 is 6.52. The Bertz CT molecular complexity index is 1910. The Morgan fingerprint density at radius 2 is 1.53 bits per heavy atom. The summed E-state index contributed by atoms with van der Waals surface area (Å²) in [6.07, 6.45) is 2.54. The summed E-state index contributed by atoms with van der Waals surface area (Å²) in [7, 11) is 1.42. The second-order valence-electron chi connectivity index (χ2n) is 13.7. The maximum Gasteiger partial charge on any atom is 0.241 e. The second kappa shape index (κ2) is 11.7. The molecule has 252 valence electrons. The van der Waals surface area contributed by atoms with Crippen molar-refractivity contribution in [1.82, 2.24) is 0 Å². The molecular weight excluding hydrogens is 646 g/mol. The molecule has 11 heteroatoms. The number of imide groups is 2. The van der Waals surface area contributed by atoms with Crippen LogP contribution in [0.15, 0.2) is 78.4 Å². The van der Waals surface area contributed by atoms with Gasteiger partial charge in [0.1, 0.15) is 0 Å². The maximum absolute atomic E-state index is 14.6. The number of anilines is 3. The Labute approximate surface area is 288 Å². The molecule has 4 fully saturated rings. The highest BCUT2D eigenvalue weighted by Gasteiger charge is 2.67. The summed E-state index contributed by atoms with van der Waals surface area (Å²) in [5.74, 6) is -4.60. The molecule has 3 saturated heterocycles. The van der Waals surface area contributed by atoms with Gasteiger partial charge in [0.25, 0.3) is 0 Å². The number of fused-ring (bicyclic) bond motifs is 4. The van der Waals surface area contributed by atoms with Crippen molar-refractivity contribution in [3.63, 3.8) is 0 Å². The number of para-hydroxylation sites is 1. The minimum atomic E-state index is -1.24. The predicted molar refractivity (Wildman–Crippen MR) is 183 cm³/mol. The molecule has 0 aromatic heterocycles. The molecule has 49 heavy (non-hydrogen) atoms. The highest BCUT2D eigenvalue weighted by molar-refractivity contribution is 6.32. The number of phenols is 1. The van der Waals surface area contributed by atoms with Crippen LogP contribution < -0.4 is 19.4 Å². The van der Waals surface area contributed by atoms with E-state index in [0.29, 0.717) is 36.6 Å². The molecule has 4 amide bonds. The summed E-state index contributed by atoms with van der Waals surface area (Å²) in [6.45, 7) is 4.64. The van der Waals surface area contributed by atoms with Crippen LogP contribution in [0.4, 0.5) is 17.1 Å². The van der Waals surface area contributed by atoms with Gasteiger partial charge in [0.2, 0.25) is 23.6 Å². The van der Waals surface area contributed by atoms with E-state index in [0.717, 1.165) is 24.4 Å². The fourth-order valence-corrected chi connectivity index (χ4v) is 9.24. The van der Waals surface area contributed by atoms with E-state index in [1.54, 1.807) is 36.4 Å². The summed E-state index contributed by atoms with van der Waals surface area (Å²) in [5, 5.41) is 10.7. The SMILES string of the molecule is COc1cc([C@H]2C3=CC[C@@H]4C(=O)N(c5ccc(N6CCOCC6)cc5)C(=O)[C@@H]4[C@@H]3C[C@H]3C(=O)N(c4ccccc4)C(=O)[C@@]23C)cc(Cl)c1O. The number of hydrogen-bond donors (Lipinski definition) is 1. The molecule has 5 aliphatic rings. The Morgan fingerprint density at radius 3 is 2.22 bits per heavy atom. The molecule has 0 radical (unpaired) electrons. The fraction of sp³-hybridized carbons (Fsp3) is 0.368. The van der Waals surface area contributed by atoms with Crippen LogP contribution in [0.2, 0.25) is 5.02 Å². The fourth-order valence-electron chi connectivity index (χ4n) is 9.02. The Hall–Kier alpha value is -4.67. The topological polar surface area (TPSA) is 117 Å². The molecule has 0 spiro atoms. The summed E-state index contributed by atoms with van der Waals surface area (Å²) in [6, 6.07) is 19.6. The van der Waals surface area contributed by atoms with Gasteiger partial charge in [-0.05, 0) is 79.8 Å². The van der Waals surface area contributed by atoms with Gasteiger partial charge in [0.05, 0.1) is 59.9 Å². The first-order chi connectivity index (χ1) is 23.6. The molecular formula is C38H36ClN3O7. The van der Waals surface area contributed by atoms with Gasteiger partial charge >= 0.3 is 0 Å². The monoisotopic (exact) mass is 681 g/mol. The number of morpholine rings is 1. The molecule has 0 bridgehead atoms. The van der Waals surface area contributed by atoms with Gasteiger partial charge in [-0.15, -0.1) is 0 Å². The molecule has 3 aliphatic heterocycles. The number of rotatable bonds is 5. The number of aromatic hydroxyl groups is 1. The number of benzene rings is 3. The molecule has 0 unspecified atom stereocenters. The van der Waals surface area contributed by atoms with Gasteiger partial charge in [0, 0.05) is 24.7 Å². The lowest BCUT2D eigenvalue weighted by molar-refractivity contribution is -0.131. The lowest BCUT2D eigenvalue weighted by atomic mass is 9.51. The van der Waals surface area contributed by atoms with Crippen molar-refractivity contribution in [2.45, 2.75) is 25.7 Å². The van der Waals surface area contributed by atoms with E-state index in [2.05, 4.69) is 4.90 Å². The molecule has 1 saturated carbocycles. The molecule has 3 aromatic carbocycles. The standard InChI is InChI=1S/C38H36ClN3O7/c1-38-28(35(45)42(37(38)47)23-6-4-3-5-7-23)20-27-25(32(38)21-18-29(39)33(43)30(19-21)48-2)12-13-26-31(27)36(46)41(34(26)44)24-10-8-22(9-11-24)40-14-16-49-17-15-40/h3-12,18-19,26-28,31-32,43H,13-17,20H2,1-2H3/t26-,27+,28-,31-,32-,38+/m0/s1. The van der Waals surface area contributed by atoms with Gasteiger partial charge in [-0.2, -0.15) is 0 Å². The Kier molecular flexibility index (Phi) is 7.57. The predicted octanol–water partition coefficient (Wildman–Crippen LogP) is 5.33. The summed E-state index contributed by atoms with van der Waals surface area (Å²) in [4.78, 5) is 62.2. The third-order valence-corrected chi connectivity index (χ3v) is 11.7. The van der Waals surface area contributed by atoms with Gasteiger partial charge < -0.3 is 19.5 Å². The van der Waals surface area contributed by atoms with Crippen LogP contribution in [0.1, 0.15) is 31.2 Å². The van der Waals surface area contributed by atoms with Crippen LogP contribution in [0.5, 0.6) is 11.5 Å². The van der Waals surface area contributed by atoms with Crippen molar-refractivity contribution >= 4 is 52.3 Å². The molecule has 6 atom stereocenters. The maximum atomic E-state index is 14.6. The third-order valence-electron chi connectivity index (χ3n) is 11.4. The highest BCUT2D eigenvalue weighted by Crippen LogP contribution is 2.64. The first-order valence-electron chi connectivity index (χ1n) is 16.7. The first kappa shape index (κ1) is 31.6. The molecule has 2 aliphatic carbocycles. The number of hydrogen-bond acceptors (Lipinski definition) is 8. The van der Waals surface area contributed by atoms with Crippen molar-refractivity contribution in [3.05, 3.63) is 89.0 Å². The van der Waals surface area contributed by atoms with E-state index in [4.69, 9.17) is 21.1 Å². The normalized spacial score (nSPS) is 29.5. The summed E-state index contributed by atoms with van der Waals surface area (Å²) < 4.78 is 10.9. The van der Waals surface area contributed by atoms with E-state index < -0.39 is 35.0 Å². The quantitative estimate of drug-likeness (QED) is 0.284. The minimum Gasteiger partial charge on any atom is -0.503 e. The number of amides is 4. The zero-order valence-corrected chi connectivity index (χ0v) is 27.9. The number of carbonyl (C=O) groups is 4. The van der Waals surface area contributed by atoms with Crippen LogP contribution in [0, 0.1) is 29.1 Å². The van der Waals surface area contributed by atoms with Crippen molar-refractivity contribution in [2.24, 2.45) is 29.1 Å². The van der Waals surface area contributed by atoms with Gasteiger partial charge in [0.15, 0.2) is 11.5 Å². The largest absolute Gasteiger partial charge is 0.503 e. The van der Waals surface area contributed by atoms with Crippen LogP contribution in [0.25, 0.3) is 0 Å². The highest BCUT2D eigenvalue weighted by atomic mass is 35.5. The van der Waals surface area contributed by atoms with Crippen LogP contribution >= 0.6 is 11.6 Å². The molecule has 8 rings (SSSR count). The second-order valence-corrected chi connectivity index (χ2v) is 14.1. The zero-order valence-electron chi connectivity index (χ0n) is 27.2. The van der Waals surface area contributed by atoms with Gasteiger partial charge in [-0.3, -0.25) is 24.1 Å². The molecule has 3 heterocycles. The van der Waals surface area contributed by atoms with E-state index in [1.807, 2.05) is 43.3 Å². The van der Waals surface area contributed by atoms with Crippen molar-refractivity contribution in [1.29, 1.82) is 0 Å². The van der Waals surface area contributed by atoms with Crippen LogP contribution in [-0.4, -0.2) is 62.1 Å². The molecule has 1 N–H and O–H groups in total. The number of carbonyl (C=O) groups excluding carboxylic acids is 4. The molecule has 10 nitrogen and oxygen atoms in total. The lowest BCUT2D eigenvalue weighted by Crippen LogP contribution is -2.48. The van der Waals surface area contributed by atoms with Crippen molar-refractivity contribution < 1.29 is 33.8 Å². The van der Waals surface area contributed by atoms with Crippen LogP contribution in [0.3, 0.4) is 0 Å². The number of methoxy groups -OCH3 is 1. The average molecular weight is 682 g/mol. The smallest absolute Gasteiger partial charge is 0.241 e. The van der Waals surface area contributed by atoms with Gasteiger partial charge in [-0.25, -0.2) is 4.90 Å². The number of nitrogens with zero attached hydrogens (tertiary/aromatic N) is 3. The Balaban J connectivity index is 1.21. The number of allylic oxidation sites excluding steroid dienone is 2. The van der Waals surface area contributed by atoms with Crippen LogP contribution in [-0.2, 0) is 23.9 Å². The van der Waals surface area contributed by atoms with E-state index >= 15 is 0 Å². The first-order valence-corrected chi connectivity index (χ1v) is 17.0. The van der Waals surface area contributed by atoms with E-state index in [-0.39, 0.29) is 46.6 Å². The molecule has 3 aromatic rings. The third kappa shape index (κ3) is 4.64. The number of halogens is 1.